The van der Waals surface area contributed by atoms with Crippen molar-refractivity contribution in [2.75, 3.05) is 49.3 Å². The summed E-state index contributed by atoms with van der Waals surface area (Å²) in [6, 6.07) is 10.1. The topological polar surface area (TPSA) is 447 Å². The van der Waals surface area contributed by atoms with Crippen molar-refractivity contribution in [1.29, 1.82) is 0 Å². The second kappa shape index (κ2) is 36.5. The van der Waals surface area contributed by atoms with Crippen LogP contribution in [-0.2, 0) is 52.1 Å². The number of benzene rings is 3. The van der Waals surface area contributed by atoms with Crippen LogP contribution in [0.25, 0.3) is 5.69 Å². The molecule has 0 spiro atoms. The number of hydrogen-bond acceptors (Lipinski definition) is 23. The Morgan fingerprint density at radius 1 is 0.777 bits per heavy atom. The highest BCUT2D eigenvalue weighted by Gasteiger charge is 2.30. The monoisotopic (exact) mass is 1460 g/mol. The molecule has 0 saturated heterocycles. The van der Waals surface area contributed by atoms with Gasteiger partial charge in [-0.05, 0) is 67.9 Å². The molecule has 0 bridgehead atoms. The first-order valence-electron chi connectivity index (χ1n) is 25.6. The van der Waals surface area contributed by atoms with Crippen LogP contribution in [0.15, 0.2) is 85.7 Å². The molecule has 0 fully saturated rings. The van der Waals surface area contributed by atoms with Crippen LogP contribution >= 0.6 is 30.8 Å². The normalized spacial score (nSPS) is 12.0. The molecule has 3 aromatic heterocycles. The number of sulfonamides is 2. The summed E-state index contributed by atoms with van der Waals surface area (Å²) in [5.74, 6) is -5.52. The summed E-state index contributed by atoms with van der Waals surface area (Å²) in [7, 11) is -11.6. The number of amides is 4. The fourth-order valence-corrected chi connectivity index (χ4v) is 9.35. The number of halogens is 9. The van der Waals surface area contributed by atoms with Gasteiger partial charge in [0.05, 0.1) is 77.1 Å². The second-order valence-electron chi connectivity index (χ2n) is 19.5. The van der Waals surface area contributed by atoms with Crippen LogP contribution in [0.2, 0.25) is 10.0 Å². The van der Waals surface area contributed by atoms with Gasteiger partial charge in [-0.3, -0.25) is 20.7 Å². The number of rotatable bonds is 21. The van der Waals surface area contributed by atoms with Crippen LogP contribution in [0.1, 0.15) is 68.7 Å². The van der Waals surface area contributed by atoms with Gasteiger partial charge in [-0.1, -0.05) is 74.3 Å². The average molecular weight is 1460 g/mol. The lowest BCUT2D eigenvalue weighted by Crippen LogP contribution is -2.35. The summed E-state index contributed by atoms with van der Waals surface area (Å²) in [5, 5.41) is 27.7. The molecule has 94 heavy (non-hydrogen) atoms. The molecular weight excluding hydrogens is 1400 g/mol. The number of anilines is 2. The zero-order chi connectivity index (χ0) is 71.9. The van der Waals surface area contributed by atoms with Gasteiger partial charge in [0.25, 0.3) is 20.0 Å². The Bertz CT molecular complexity index is 3880. The third-order valence-electron chi connectivity index (χ3n) is 9.63. The minimum absolute atomic E-state index is 0.0642. The standard InChI is InChI=1S/C15H18Cl2N2O3.C15H16F3N5O4S.C14H10F4N4O7S.C3H8NO5P.C3H9S/c1-8(2)21-12-7-11(9(16)6-10(12)17)19-14(20)22-13(18-19)15(3,4)5;1-9-19-12(22-14(20-9)27-2)21-13(24)23-28(25,26)11-6-4-3-5-10(11)7-8-15(16,17)18;15-11(16)28-8-5-9(29-12(17)18)20-13(19-8)21-14(25)22-30(26,27)7-4-2-1-3-6(7)10(23)24;5-3(6)1-4-2-10(7,8)9;1-4(2)3/h6-8H,1-5H3;3-6H,7-8H2,1-2H3,(H2,19,20,21,22,23,24);1-5,11-12H,(H,23,24)(H2,19,20,21,22,25);4H,1-2H2,(H,5,6)(H2,7,8,9);1-3H3/q;;;;+1/p-1. The van der Waals surface area contributed by atoms with Crippen molar-refractivity contribution in [3.63, 3.8) is 0 Å². The van der Waals surface area contributed by atoms with Crippen molar-refractivity contribution < 1.29 is 115 Å². The summed E-state index contributed by atoms with van der Waals surface area (Å²) in [5.41, 5.74) is -0.738. The lowest BCUT2D eigenvalue weighted by molar-refractivity contribution is -0.193. The van der Waals surface area contributed by atoms with Crippen molar-refractivity contribution >= 4 is 97.6 Å². The van der Waals surface area contributed by atoms with E-state index in [2.05, 4.69) is 63.6 Å². The summed E-state index contributed by atoms with van der Waals surface area (Å²) < 4.78 is 174. The van der Waals surface area contributed by atoms with Crippen LogP contribution in [0.3, 0.4) is 0 Å². The van der Waals surface area contributed by atoms with Crippen molar-refractivity contribution in [2.45, 2.75) is 95.1 Å². The molecule has 0 aliphatic rings. The molecule has 44 heteroatoms. The lowest BCUT2D eigenvalue weighted by Gasteiger charge is -2.14. The van der Waals surface area contributed by atoms with Gasteiger partial charge in [0.15, 0.2) is 0 Å². The van der Waals surface area contributed by atoms with E-state index in [4.69, 9.17) is 52.2 Å². The van der Waals surface area contributed by atoms with E-state index < -0.39 is 136 Å². The molecular formula is C50H60Cl2F7N12O19PS3. The maximum atomic E-state index is 12.5. The highest BCUT2D eigenvalue weighted by Crippen LogP contribution is 2.34. The SMILES string of the molecule is CC(C)Oc1cc(-n2nc(C(C)(C)C)oc2=O)c(Cl)cc1Cl.COc1nc(C)nc(NC(=O)NS(=O)(=O)c2ccccc2CCC(F)(F)F)n1.C[S+](C)C.O=C(Nc1nc(OC(F)F)cc(OC(F)F)n1)NS(=O)(=O)c1ccccc1C(=O)O.O=C(O)CNCP(=O)([O-])O. The van der Waals surface area contributed by atoms with Gasteiger partial charge in [0.2, 0.25) is 29.5 Å². The quantitative estimate of drug-likeness (QED) is 0.0205. The molecule has 0 aliphatic carbocycles. The molecule has 3 aromatic carbocycles. The Hall–Kier alpha value is -8.18. The fourth-order valence-electron chi connectivity index (χ4n) is 6.16. The summed E-state index contributed by atoms with van der Waals surface area (Å²) in [6.07, 6.45) is -0.385. The number of aromatic nitrogens is 7. The van der Waals surface area contributed by atoms with Gasteiger partial charge in [-0.25, -0.2) is 45.5 Å². The molecule has 6 aromatic rings. The molecule has 6 rings (SSSR count). The van der Waals surface area contributed by atoms with Crippen LogP contribution in [0.5, 0.6) is 23.5 Å². The van der Waals surface area contributed by atoms with Gasteiger partial charge in [0, 0.05) is 17.9 Å². The molecule has 3 heterocycles. The summed E-state index contributed by atoms with van der Waals surface area (Å²) in [4.78, 5) is 91.6. The number of carbonyl (C=O) groups is 4. The van der Waals surface area contributed by atoms with Crippen LogP contribution in [-0.4, -0.2) is 155 Å². The number of aromatic carboxylic acids is 1. The minimum Gasteiger partial charge on any atom is -0.778 e. The molecule has 4 amide bonds. The molecule has 0 saturated carbocycles. The van der Waals surface area contributed by atoms with E-state index in [9.17, 15) is 81.0 Å². The third kappa shape index (κ3) is 30.7. The lowest BCUT2D eigenvalue weighted by atomic mass is 9.97. The maximum Gasteiger partial charge on any atom is 0.442 e. The number of carboxylic acid groups (broad SMARTS) is 2. The first-order chi connectivity index (χ1) is 43.2. The molecule has 520 valence electrons. The van der Waals surface area contributed by atoms with Gasteiger partial charge in [-0.2, -0.15) is 60.3 Å². The number of carboxylic acids is 2. The van der Waals surface area contributed by atoms with E-state index in [-0.39, 0.29) is 39.9 Å². The largest absolute Gasteiger partial charge is 0.778 e. The number of aliphatic carboxylic acids is 1. The zero-order valence-electron chi connectivity index (χ0n) is 50.5. The predicted octanol–water partition coefficient (Wildman–Crippen LogP) is 6.96. The van der Waals surface area contributed by atoms with Crippen LogP contribution < -0.4 is 55.0 Å². The highest BCUT2D eigenvalue weighted by molar-refractivity contribution is 7.94. The Kier molecular flexibility index (Phi) is 31.8. The first-order valence-corrected chi connectivity index (χ1v) is 33.6. The van der Waals surface area contributed by atoms with Crippen molar-refractivity contribution in [3.8, 4) is 29.2 Å². The van der Waals surface area contributed by atoms with Gasteiger partial charge < -0.3 is 47.9 Å². The van der Waals surface area contributed by atoms with Crippen molar-refractivity contribution in [2.24, 2.45) is 0 Å². The summed E-state index contributed by atoms with van der Waals surface area (Å²) in [6.45, 7) is 3.67. The van der Waals surface area contributed by atoms with Gasteiger partial charge >= 0.3 is 55.2 Å². The van der Waals surface area contributed by atoms with Crippen molar-refractivity contribution in [1.82, 2.24) is 49.5 Å². The number of ether oxygens (including phenoxy) is 4. The van der Waals surface area contributed by atoms with Crippen molar-refractivity contribution in [3.05, 3.63) is 110 Å². The first kappa shape index (κ1) is 81.9. The number of aryl methyl sites for hydroxylation is 2. The van der Waals surface area contributed by atoms with Crippen LogP contribution in [0, 0.1) is 6.92 Å². The van der Waals surface area contributed by atoms with E-state index in [0.717, 1.165) is 22.9 Å². The van der Waals surface area contributed by atoms with Gasteiger partial charge in [0.1, 0.15) is 24.1 Å². The molecule has 31 nitrogen and oxygen atoms in total. The molecule has 0 radical (unpaired) electrons. The van der Waals surface area contributed by atoms with E-state index in [0.29, 0.717) is 39.3 Å². The Balaban J connectivity index is 0.000000438. The minimum atomic E-state index is -4.71. The average Bonchev–Trinajstić information content (AvgIpc) is 1.51. The number of nitrogens with one attached hydrogen (secondary N) is 5. The smallest absolute Gasteiger partial charge is 0.442 e. The Labute approximate surface area is 543 Å². The molecule has 1 atom stereocenters. The fraction of sp³-hybridized carbons (Fsp3) is 0.380. The number of nitrogens with zero attached hydrogens (tertiary/aromatic N) is 7. The van der Waals surface area contributed by atoms with Crippen LogP contribution in [0.4, 0.5) is 52.2 Å². The van der Waals surface area contributed by atoms with E-state index in [1.807, 2.05) is 39.9 Å². The van der Waals surface area contributed by atoms with Gasteiger partial charge in [-0.15, -0.1) is 5.10 Å². The number of alkyl halides is 7. The molecule has 0 aliphatic heterocycles. The Morgan fingerprint density at radius 2 is 1.28 bits per heavy atom. The molecule has 8 N–H and O–H groups in total. The predicted molar refractivity (Wildman–Crippen MR) is 321 cm³/mol. The summed E-state index contributed by atoms with van der Waals surface area (Å²) >= 11 is 12.3. The zero-order valence-corrected chi connectivity index (χ0v) is 55.3. The maximum absolute atomic E-state index is 12.5. The number of urea groups is 2. The van der Waals surface area contributed by atoms with E-state index in [1.54, 1.807) is 16.1 Å². The second-order valence-corrected chi connectivity index (χ2v) is 27.7. The highest BCUT2D eigenvalue weighted by atomic mass is 35.5. The Morgan fingerprint density at radius 3 is 1.73 bits per heavy atom. The third-order valence-corrected chi connectivity index (χ3v) is 13.7. The number of methoxy groups -OCH3 is 1. The van der Waals surface area contributed by atoms with E-state index >= 15 is 0 Å². The van der Waals surface area contributed by atoms with E-state index in [1.165, 1.54) is 55.2 Å². The number of hydrogen-bond donors (Lipinski definition) is 8. The number of carbonyl (C=O) groups excluding carboxylic acids is 2. The molecule has 1 unspecified atom stereocenters.